The Morgan fingerprint density at radius 2 is 2.00 bits per heavy atom. The maximum Gasteiger partial charge on any atom is 0.220 e. The van der Waals surface area contributed by atoms with Crippen molar-refractivity contribution in [2.45, 2.75) is 65.2 Å². The van der Waals surface area contributed by atoms with E-state index in [-0.39, 0.29) is 18.3 Å². The van der Waals surface area contributed by atoms with E-state index in [4.69, 9.17) is 0 Å². The second-order valence-corrected chi connectivity index (χ2v) is 5.95. The quantitative estimate of drug-likeness (QED) is 0.684. The molecule has 0 saturated carbocycles. The van der Waals surface area contributed by atoms with Gasteiger partial charge < -0.3 is 10.6 Å². The minimum atomic E-state index is 0. The molecule has 1 atom stereocenters. The Hall–Kier alpha value is -0.280. The van der Waals surface area contributed by atoms with Gasteiger partial charge in [-0.2, -0.15) is 0 Å². The molecule has 1 amide bonds. The van der Waals surface area contributed by atoms with E-state index in [0.717, 1.165) is 38.4 Å². The van der Waals surface area contributed by atoms with Crippen LogP contribution in [0, 0.1) is 11.8 Å². The summed E-state index contributed by atoms with van der Waals surface area (Å²) < 4.78 is 0. The second kappa shape index (κ2) is 12.5. The molecule has 0 aromatic heterocycles. The van der Waals surface area contributed by atoms with Crippen molar-refractivity contribution in [3.05, 3.63) is 0 Å². The van der Waals surface area contributed by atoms with Crippen LogP contribution in [0.2, 0.25) is 0 Å². The van der Waals surface area contributed by atoms with Gasteiger partial charge in [-0.05, 0) is 50.6 Å². The smallest absolute Gasteiger partial charge is 0.220 e. The molecule has 120 valence electrons. The van der Waals surface area contributed by atoms with E-state index in [1.54, 1.807) is 0 Å². The number of carbonyl (C=O) groups excluding carboxylic acids is 1. The van der Waals surface area contributed by atoms with Gasteiger partial charge in [-0.25, -0.2) is 0 Å². The zero-order chi connectivity index (χ0) is 13.9. The average Bonchev–Trinajstić information content (AvgIpc) is 2.46. The molecule has 4 heteroatoms. The van der Waals surface area contributed by atoms with E-state index in [1.807, 2.05) is 0 Å². The highest BCUT2D eigenvalue weighted by Gasteiger charge is 2.15. The lowest BCUT2D eigenvalue weighted by molar-refractivity contribution is -0.121. The molecule has 0 aromatic carbocycles. The molecular weight excluding hydrogens is 272 g/mol. The molecule has 1 aliphatic rings. The summed E-state index contributed by atoms with van der Waals surface area (Å²) in [6, 6.07) is 0. The van der Waals surface area contributed by atoms with Gasteiger partial charge in [0.15, 0.2) is 0 Å². The average molecular weight is 305 g/mol. The van der Waals surface area contributed by atoms with Crippen LogP contribution in [0.5, 0.6) is 0 Å². The molecule has 1 saturated heterocycles. The predicted molar refractivity (Wildman–Crippen MR) is 88.4 cm³/mol. The van der Waals surface area contributed by atoms with Crippen LogP contribution in [-0.2, 0) is 4.79 Å². The molecule has 0 aromatic rings. The molecule has 0 radical (unpaired) electrons. The third kappa shape index (κ3) is 8.80. The molecule has 0 spiro atoms. The molecular formula is C16H33ClN2O. The SMILES string of the molecule is CCCCC(CC)CNC(=O)CCC1CCNCC1.Cl. The number of hydrogen-bond acceptors (Lipinski definition) is 2. The third-order valence-electron chi connectivity index (χ3n) is 4.37. The van der Waals surface area contributed by atoms with Gasteiger partial charge in [-0.3, -0.25) is 4.79 Å². The number of hydrogen-bond donors (Lipinski definition) is 2. The lowest BCUT2D eigenvalue weighted by atomic mass is 9.93. The summed E-state index contributed by atoms with van der Waals surface area (Å²) in [6.45, 7) is 7.58. The number of amides is 1. The minimum Gasteiger partial charge on any atom is -0.356 e. The van der Waals surface area contributed by atoms with E-state index >= 15 is 0 Å². The van der Waals surface area contributed by atoms with Crippen molar-refractivity contribution < 1.29 is 4.79 Å². The summed E-state index contributed by atoms with van der Waals surface area (Å²) in [5.74, 6) is 1.69. The Labute approximate surface area is 131 Å². The van der Waals surface area contributed by atoms with Crippen LogP contribution in [0.3, 0.4) is 0 Å². The predicted octanol–water partition coefficient (Wildman–Crippen LogP) is 3.52. The molecule has 1 unspecified atom stereocenters. The largest absolute Gasteiger partial charge is 0.356 e. The first-order valence-corrected chi connectivity index (χ1v) is 8.23. The Balaban J connectivity index is 0.00000361. The minimum absolute atomic E-state index is 0. The summed E-state index contributed by atoms with van der Waals surface area (Å²) in [4.78, 5) is 11.9. The van der Waals surface area contributed by atoms with Crippen LogP contribution >= 0.6 is 12.4 Å². The molecule has 20 heavy (non-hydrogen) atoms. The topological polar surface area (TPSA) is 41.1 Å². The normalized spacial score (nSPS) is 17.3. The molecule has 1 aliphatic heterocycles. The number of carbonyl (C=O) groups is 1. The van der Waals surface area contributed by atoms with Gasteiger partial charge in [-0.15, -0.1) is 12.4 Å². The zero-order valence-corrected chi connectivity index (χ0v) is 14.1. The highest BCUT2D eigenvalue weighted by Crippen LogP contribution is 2.17. The van der Waals surface area contributed by atoms with Crippen molar-refractivity contribution in [1.82, 2.24) is 10.6 Å². The van der Waals surface area contributed by atoms with Gasteiger partial charge in [0, 0.05) is 13.0 Å². The number of nitrogens with one attached hydrogen (secondary N) is 2. The second-order valence-electron chi connectivity index (χ2n) is 5.95. The van der Waals surface area contributed by atoms with Crippen LogP contribution in [0.4, 0.5) is 0 Å². The van der Waals surface area contributed by atoms with Crippen molar-refractivity contribution in [2.75, 3.05) is 19.6 Å². The fourth-order valence-electron chi connectivity index (χ4n) is 2.80. The maximum absolute atomic E-state index is 11.9. The van der Waals surface area contributed by atoms with E-state index < -0.39 is 0 Å². The van der Waals surface area contributed by atoms with Crippen molar-refractivity contribution in [3.8, 4) is 0 Å². The van der Waals surface area contributed by atoms with Crippen LogP contribution in [-0.4, -0.2) is 25.5 Å². The Kier molecular flexibility index (Phi) is 12.3. The highest BCUT2D eigenvalue weighted by molar-refractivity contribution is 5.85. The van der Waals surface area contributed by atoms with Crippen molar-refractivity contribution in [3.63, 3.8) is 0 Å². The van der Waals surface area contributed by atoms with Crippen molar-refractivity contribution in [1.29, 1.82) is 0 Å². The Bertz CT molecular complexity index is 243. The number of unbranched alkanes of at least 4 members (excludes halogenated alkanes) is 1. The zero-order valence-electron chi connectivity index (χ0n) is 13.2. The molecule has 1 rings (SSSR count). The van der Waals surface area contributed by atoms with Gasteiger partial charge in [0.1, 0.15) is 0 Å². The van der Waals surface area contributed by atoms with Crippen molar-refractivity contribution >= 4 is 18.3 Å². The molecule has 3 nitrogen and oxygen atoms in total. The molecule has 1 fully saturated rings. The molecule has 2 N–H and O–H groups in total. The van der Waals surface area contributed by atoms with E-state index in [0.29, 0.717) is 5.92 Å². The maximum atomic E-state index is 11.9. The first-order valence-electron chi connectivity index (χ1n) is 8.23. The van der Waals surface area contributed by atoms with Crippen LogP contribution in [0.15, 0.2) is 0 Å². The Morgan fingerprint density at radius 1 is 1.30 bits per heavy atom. The van der Waals surface area contributed by atoms with Crippen LogP contribution in [0.1, 0.15) is 65.2 Å². The number of piperidine rings is 1. The number of rotatable bonds is 9. The van der Waals surface area contributed by atoms with Gasteiger partial charge >= 0.3 is 0 Å². The number of halogens is 1. The standard InChI is InChI=1S/C16H32N2O.ClH/c1-3-5-6-14(4-2)13-18-16(19)8-7-15-9-11-17-12-10-15;/h14-15,17H,3-13H2,1-2H3,(H,18,19);1H. The summed E-state index contributed by atoms with van der Waals surface area (Å²) in [5, 5.41) is 6.50. The van der Waals surface area contributed by atoms with E-state index in [1.165, 1.54) is 38.5 Å². The van der Waals surface area contributed by atoms with Crippen molar-refractivity contribution in [2.24, 2.45) is 11.8 Å². The van der Waals surface area contributed by atoms with E-state index in [2.05, 4.69) is 24.5 Å². The Morgan fingerprint density at radius 3 is 2.60 bits per heavy atom. The summed E-state index contributed by atoms with van der Waals surface area (Å²) >= 11 is 0. The van der Waals surface area contributed by atoms with Gasteiger partial charge in [-0.1, -0.05) is 33.1 Å². The van der Waals surface area contributed by atoms with Crippen LogP contribution < -0.4 is 10.6 Å². The third-order valence-corrected chi connectivity index (χ3v) is 4.37. The summed E-state index contributed by atoms with van der Waals surface area (Å²) in [6.07, 6.45) is 9.22. The molecule has 0 aliphatic carbocycles. The first-order chi connectivity index (χ1) is 9.26. The molecule has 0 bridgehead atoms. The highest BCUT2D eigenvalue weighted by atomic mass is 35.5. The molecule has 1 heterocycles. The van der Waals surface area contributed by atoms with Gasteiger partial charge in [0.25, 0.3) is 0 Å². The first kappa shape index (κ1) is 19.7. The lowest BCUT2D eigenvalue weighted by Crippen LogP contribution is -2.31. The summed E-state index contributed by atoms with van der Waals surface area (Å²) in [5.41, 5.74) is 0. The van der Waals surface area contributed by atoms with Crippen LogP contribution in [0.25, 0.3) is 0 Å². The lowest BCUT2D eigenvalue weighted by Gasteiger charge is -2.22. The monoisotopic (exact) mass is 304 g/mol. The summed E-state index contributed by atoms with van der Waals surface area (Å²) in [7, 11) is 0. The fourth-order valence-corrected chi connectivity index (χ4v) is 2.80. The van der Waals surface area contributed by atoms with Gasteiger partial charge in [0.2, 0.25) is 5.91 Å². The van der Waals surface area contributed by atoms with Gasteiger partial charge in [0.05, 0.1) is 0 Å². The van der Waals surface area contributed by atoms with E-state index in [9.17, 15) is 4.79 Å². The fraction of sp³-hybridized carbons (Fsp3) is 0.938.